The zero-order valence-electron chi connectivity index (χ0n) is 22.7. The minimum absolute atomic E-state index is 0.0674. The Morgan fingerprint density at radius 2 is 1.79 bits per heavy atom. The standard InChI is InChI=1S/C27H32N/c1-17-8-10-22-20(12-17)13-24-23(22)11-9-18(2)26(24)25-14-21(15-27(4,5)6)19(3)16-28(25)7/h8-12,14,16H,13,15H2,1-7H3/q+1/i3D3,15D2. The van der Waals surface area contributed by atoms with Gasteiger partial charge in [0.05, 0.1) is 5.56 Å². The normalized spacial score (nSPS) is 16.4. The van der Waals surface area contributed by atoms with Gasteiger partial charge in [0.1, 0.15) is 7.05 Å². The summed E-state index contributed by atoms with van der Waals surface area (Å²) in [5, 5.41) is 0. The van der Waals surface area contributed by atoms with Crippen molar-refractivity contribution in [2.45, 2.75) is 54.3 Å². The molecule has 0 unspecified atom stereocenters. The first kappa shape index (κ1) is 13.7. The van der Waals surface area contributed by atoms with Crippen LogP contribution in [0.2, 0.25) is 0 Å². The van der Waals surface area contributed by atoms with Crippen LogP contribution in [0, 0.1) is 26.1 Å². The molecule has 0 fully saturated rings. The molecule has 2 aromatic carbocycles. The Labute approximate surface area is 177 Å². The van der Waals surface area contributed by atoms with E-state index in [1.807, 2.05) is 32.4 Å². The van der Waals surface area contributed by atoms with E-state index < -0.39 is 18.6 Å². The molecule has 1 aliphatic rings. The number of rotatable bonds is 2. The fourth-order valence-corrected chi connectivity index (χ4v) is 4.28. The molecule has 1 aromatic heterocycles. The van der Waals surface area contributed by atoms with Gasteiger partial charge >= 0.3 is 0 Å². The number of fused-ring (bicyclic) bond motifs is 3. The first-order chi connectivity index (χ1) is 15.1. The van der Waals surface area contributed by atoms with Crippen LogP contribution in [0.15, 0.2) is 42.6 Å². The van der Waals surface area contributed by atoms with Gasteiger partial charge in [0.15, 0.2) is 6.20 Å². The summed E-state index contributed by atoms with van der Waals surface area (Å²) in [5.74, 6) is 0. The van der Waals surface area contributed by atoms with Gasteiger partial charge in [-0.2, -0.15) is 0 Å². The van der Waals surface area contributed by atoms with E-state index in [2.05, 4.69) is 44.2 Å². The summed E-state index contributed by atoms with van der Waals surface area (Å²) >= 11 is 0. The number of hydrogen-bond acceptors (Lipinski definition) is 0. The van der Waals surface area contributed by atoms with E-state index in [4.69, 9.17) is 6.85 Å². The Bertz CT molecular complexity index is 1260. The summed E-state index contributed by atoms with van der Waals surface area (Å²) in [6, 6.07) is 12.6. The Morgan fingerprint density at radius 3 is 2.50 bits per heavy atom. The summed E-state index contributed by atoms with van der Waals surface area (Å²) in [7, 11) is 1.85. The molecule has 1 heterocycles. The van der Waals surface area contributed by atoms with Crippen molar-refractivity contribution in [2.75, 3.05) is 0 Å². The molecule has 0 radical (unpaired) electrons. The second kappa shape index (κ2) is 6.58. The SMILES string of the molecule is [2H]C([2H])([2H])c1c[n+](C)c(-c2c(C)ccc3c2Cc2cc(C)ccc2-3)cc1C([2H])([2H])C(C)(C)C. The fraction of sp³-hybridized carbons (Fsp3) is 0.370. The minimum Gasteiger partial charge on any atom is -0.201 e. The lowest BCUT2D eigenvalue weighted by molar-refractivity contribution is -0.660. The van der Waals surface area contributed by atoms with Gasteiger partial charge in [-0.05, 0) is 72.3 Å². The van der Waals surface area contributed by atoms with Crippen molar-refractivity contribution < 1.29 is 11.4 Å². The molecule has 0 bridgehead atoms. The maximum absolute atomic E-state index is 8.91. The van der Waals surface area contributed by atoms with Crippen LogP contribution in [-0.4, -0.2) is 0 Å². The Balaban J connectivity index is 2.02. The molecule has 0 atom stereocenters. The van der Waals surface area contributed by atoms with Crippen LogP contribution in [0.5, 0.6) is 0 Å². The average Bonchev–Trinajstić information content (AvgIpc) is 3.03. The van der Waals surface area contributed by atoms with Gasteiger partial charge in [0, 0.05) is 18.5 Å². The number of nitrogens with zero attached hydrogens (tertiary/aromatic N) is 1. The van der Waals surface area contributed by atoms with Crippen molar-refractivity contribution in [1.29, 1.82) is 0 Å². The zero-order chi connectivity index (χ0) is 24.5. The molecule has 0 aliphatic heterocycles. The Hall–Kier alpha value is -2.41. The molecule has 1 heteroatoms. The second-order valence-corrected chi connectivity index (χ2v) is 9.09. The second-order valence-electron chi connectivity index (χ2n) is 9.09. The van der Waals surface area contributed by atoms with Crippen molar-refractivity contribution in [3.63, 3.8) is 0 Å². The lowest BCUT2D eigenvalue weighted by atomic mass is 9.85. The number of benzene rings is 2. The molecule has 0 spiro atoms. The van der Waals surface area contributed by atoms with Crippen LogP contribution in [-0.2, 0) is 19.8 Å². The van der Waals surface area contributed by atoms with E-state index in [0.29, 0.717) is 0 Å². The smallest absolute Gasteiger partial charge is 0.201 e. The van der Waals surface area contributed by atoms with Gasteiger partial charge in [0.25, 0.3) is 0 Å². The molecule has 0 N–H and O–H groups in total. The van der Waals surface area contributed by atoms with Gasteiger partial charge < -0.3 is 0 Å². The predicted molar refractivity (Wildman–Crippen MR) is 119 cm³/mol. The highest BCUT2D eigenvalue weighted by Crippen LogP contribution is 2.43. The lowest BCUT2D eigenvalue weighted by Crippen LogP contribution is -2.32. The van der Waals surface area contributed by atoms with Crippen molar-refractivity contribution in [2.24, 2.45) is 12.5 Å². The predicted octanol–water partition coefficient (Wildman–Crippen LogP) is 6.26. The molecule has 0 saturated carbocycles. The van der Waals surface area contributed by atoms with Crippen molar-refractivity contribution >= 4 is 0 Å². The third-order valence-electron chi connectivity index (χ3n) is 5.48. The maximum Gasteiger partial charge on any atom is 0.213 e. The highest BCUT2D eigenvalue weighted by molar-refractivity contribution is 5.85. The topological polar surface area (TPSA) is 3.88 Å². The number of aryl methyl sites for hydroxylation is 4. The Kier molecular flexibility index (Phi) is 3.22. The lowest BCUT2D eigenvalue weighted by Gasteiger charge is -2.20. The summed E-state index contributed by atoms with van der Waals surface area (Å²) in [5.41, 5.74) is 8.71. The first-order valence-corrected chi connectivity index (χ1v) is 9.90. The number of aromatic nitrogens is 1. The first-order valence-electron chi connectivity index (χ1n) is 12.4. The van der Waals surface area contributed by atoms with Crippen LogP contribution in [0.25, 0.3) is 22.4 Å². The van der Waals surface area contributed by atoms with E-state index in [1.165, 1.54) is 27.8 Å². The summed E-state index contributed by atoms with van der Waals surface area (Å²) in [6.45, 7) is 7.20. The maximum atomic E-state index is 8.91. The van der Waals surface area contributed by atoms with E-state index in [-0.39, 0.29) is 11.1 Å². The van der Waals surface area contributed by atoms with Gasteiger partial charge in [-0.25, -0.2) is 4.57 Å². The molecular formula is C27H32N+. The van der Waals surface area contributed by atoms with E-state index >= 15 is 0 Å². The van der Waals surface area contributed by atoms with Crippen molar-refractivity contribution in [3.8, 4) is 22.4 Å². The summed E-state index contributed by atoms with van der Waals surface area (Å²) in [6.07, 6.45) is 0.587. The molecule has 1 aliphatic carbocycles. The van der Waals surface area contributed by atoms with Crippen LogP contribution in [0.3, 0.4) is 0 Å². The van der Waals surface area contributed by atoms with Crippen LogP contribution in [0.4, 0.5) is 0 Å². The van der Waals surface area contributed by atoms with Crippen LogP contribution < -0.4 is 4.57 Å². The monoisotopic (exact) mass is 375 g/mol. The van der Waals surface area contributed by atoms with Crippen molar-refractivity contribution in [1.82, 2.24) is 0 Å². The molecule has 144 valence electrons. The third kappa shape index (κ3) is 3.28. The number of hydrogen-bond donors (Lipinski definition) is 0. The average molecular weight is 376 g/mol. The molecule has 3 aromatic rings. The summed E-state index contributed by atoms with van der Waals surface area (Å²) in [4.78, 5) is 0. The Morgan fingerprint density at radius 1 is 1.04 bits per heavy atom. The zero-order valence-corrected chi connectivity index (χ0v) is 17.7. The van der Waals surface area contributed by atoms with E-state index in [0.717, 1.165) is 23.2 Å². The molecule has 4 rings (SSSR count). The quantitative estimate of drug-likeness (QED) is 0.364. The fourth-order valence-electron chi connectivity index (χ4n) is 4.28. The minimum atomic E-state index is -2.41. The highest BCUT2D eigenvalue weighted by Gasteiger charge is 2.27. The van der Waals surface area contributed by atoms with Crippen LogP contribution >= 0.6 is 0 Å². The largest absolute Gasteiger partial charge is 0.213 e. The van der Waals surface area contributed by atoms with Crippen molar-refractivity contribution in [3.05, 3.63) is 76.0 Å². The molecular weight excluding hydrogens is 338 g/mol. The van der Waals surface area contributed by atoms with E-state index in [1.54, 1.807) is 12.3 Å². The van der Waals surface area contributed by atoms with Gasteiger partial charge in [-0.1, -0.05) is 56.7 Å². The summed E-state index contributed by atoms with van der Waals surface area (Å²) < 4.78 is 44.0. The highest BCUT2D eigenvalue weighted by atomic mass is 14.9. The van der Waals surface area contributed by atoms with Gasteiger partial charge in [0.2, 0.25) is 5.69 Å². The third-order valence-corrected chi connectivity index (χ3v) is 5.48. The van der Waals surface area contributed by atoms with Gasteiger partial charge in [-0.15, -0.1) is 0 Å². The molecule has 0 amide bonds. The van der Waals surface area contributed by atoms with Crippen LogP contribution in [0.1, 0.15) is 61.0 Å². The molecule has 1 nitrogen and oxygen atoms in total. The number of pyridine rings is 1. The van der Waals surface area contributed by atoms with Gasteiger partial charge in [-0.3, -0.25) is 0 Å². The van der Waals surface area contributed by atoms with E-state index in [9.17, 15) is 0 Å². The molecule has 28 heavy (non-hydrogen) atoms. The molecule has 0 saturated heterocycles.